The maximum Gasteiger partial charge on any atom is 0.263 e. The van der Waals surface area contributed by atoms with Gasteiger partial charge in [-0.15, -0.1) is 0 Å². The highest BCUT2D eigenvalue weighted by Crippen LogP contribution is 2.11. The Hall–Kier alpha value is -1.99. The summed E-state index contributed by atoms with van der Waals surface area (Å²) in [4.78, 5) is 11.8. The first-order valence-corrected chi connectivity index (χ1v) is 6.83. The number of benzene rings is 1. The van der Waals surface area contributed by atoms with E-state index in [0.29, 0.717) is 23.8 Å². The van der Waals surface area contributed by atoms with Crippen LogP contribution in [-0.2, 0) is 11.3 Å². The third kappa shape index (κ3) is 4.94. The molecule has 0 spiro atoms. The van der Waals surface area contributed by atoms with Gasteiger partial charge in [0.15, 0.2) is 0 Å². The Morgan fingerprint density at radius 3 is 2.75 bits per heavy atom. The van der Waals surface area contributed by atoms with E-state index in [1.165, 1.54) is 0 Å². The van der Waals surface area contributed by atoms with Crippen LogP contribution in [0.3, 0.4) is 0 Å². The molecule has 1 aromatic carbocycles. The van der Waals surface area contributed by atoms with Crippen LogP contribution in [0.1, 0.15) is 25.8 Å². The van der Waals surface area contributed by atoms with Crippen molar-refractivity contribution in [3.05, 3.63) is 46.1 Å². The number of hydrogen-bond donors (Lipinski definition) is 2. The van der Waals surface area contributed by atoms with Crippen molar-refractivity contribution in [2.75, 3.05) is 6.54 Å². The maximum atomic E-state index is 11.8. The van der Waals surface area contributed by atoms with Gasteiger partial charge in [-0.2, -0.15) is 5.26 Å². The minimum absolute atomic E-state index is 0.112. The van der Waals surface area contributed by atoms with E-state index in [-0.39, 0.29) is 11.5 Å². The number of nitrogens with one attached hydrogen (secondary N) is 2. The van der Waals surface area contributed by atoms with Crippen molar-refractivity contribution in [3.8, 4) is 6.07 Å². The predicted molar refractivity (Wildman–Crippen MR) is 79.9 cm³/mol. The molecule has 1 amide bonds. The topological polar surface area (TPSA) is 64.9 Å². The predicted octanol–water partition coefficient (Wildman–Crippen LogP) is 2.75. The molecular weight excluding hydrogens is 274 g/mol. The monoisotopic (exact) mass is 291 g/mol. The number of nitrogens with zero attached hydrogens (tertiary/aromatic N) is 1. The second-order valence-corrected chi connectivity index (χ2v) is 4.79. The molecule has 0 saturated heterocycles. The minimum Gasteiger partial charge on any atom is -0.383 e. The Labute approximate surface area is 124 Å². The summed E-state index contributed by atoms with van der Waals surface area (Å²) in [5.74, 6) is -0.342. The van der Waals surface area contributed by atoms with Crippen molar-refractivity contribution < 1.29 is 4.79 Å². The summed E-state index contributed by atoms with van der Waals surface area (Å²) in [7, 11) is 0. The number of carbonyl (C=O) groups excluding carboxylic acids is 1. The molecule has 0 unspecified atom stereocenters. The maximum absolute atomic E-state index is 11.8. The molecule has 0 aliphatic carbocycles. The summed E-state index contributed by atoms with van der Waals surface area (Å²) in [5, 5.41) is 15.5. The zero-order chi connectivity index (χ0) is 15.0. The number of halogens is 1. The smallest absolute Gasteiger partial charge is 0.263 e. The van der Waals surface area contributed by atoms with Gasteiger partial charge in [-0.25, -0.2) is 0 Å². The second-order valence-electron chi connectivity index (χ2n) is 4.35. The minimum atomic E-state index is -0.342. The third-order valence-electron chi connectivity index (χ3n) is 2.70. The van der Waals surface area contributed by atoms with Crippen molar-refractivity contribution >= 4 is 17.5 Å². The second kappa shape index (κ2) is 8.23. The Balaban J connectivity index is 2.71. The summed E-state index contributed by atoms with van der Waals surface area (Å²) in [6.07, 6.45) is 0.833. The molecule has 1 aromatic rings. The van der Waals surface area contributed by atoms with Gasteiger partial charge >= 0.3 is 0 Å². The van der Waals surface area contributed by atoms with Crippen LogP contribution in [0, 0.1) is 11.3 Å². The van der Waals surface area contributed by atoms with Gasteiger partial charge in [0.2, 0.25) is 0 Å². The van der Waals surface area contributed by atoms with Crippen LogP contribution in [0.4, 0.5) is 0 Å². The Morgan fingerprint density at radius 1 is 1.40 bits per heavy atom. The molecule has 0 aromatic heterocycles. The lowest BCUT2D eigenvalue weighted by Crippen LogP contribution is -2.28. The van der Waals surface area contributed by atoms with E-state index in [1.807, 2.05) is 31.2 Å². The molecule has 0 heterocycles. The number of amides is 1. The molecule has 0 aliphatic heterocycles. The molecule has 106 valence electrons. The fraction of sp³-hybridized carbons (Fsp3) is 0.333. The zero-order valence-electron chi connectivity index (χ0n) is 11.7. The number of rotatable bonds is 6. The Kier molecular flexibility index (Phi) is 6.61. The van der Waals surface area contributed by atoms with Gasteiger partial charge < -0.3 is 10.6 Å². The van der Waals surface area contributed by atoms with Crippen LogP contribution in [0.15, 0.2) is 35.5 Å². The van der Waals surface area contributed by atoms with Gasteiger partial charge in [-0.1, -0.05) is 30.7 Å². The molecule has 0 saturated carbocycles. The molecule has 2 N–H and O–H groups in total. The van der Waals surface area contributed by atoms with Crippen LogP contribution in [0.2, 0.25) is 5.02 Å². The average Bonchev–Trinajstić information content (AvgIpc) is 2.43. The first kappa shape index (κ1) is 16.1. The molecular formula is C15H18ClN3O. The first-order chi connectivity index (χ1) is 9.58. The first-order valence-electron chi connectivity index (χ1n) is 6.46. The molecule has 4 nitrogen and oxygen atoms in total. The average molecular weight is 292 g/mol. The summed E-state index contributed by atoms with van der Waals surface area (Å²) in [5.41, 5.74) is 1.66. The van der Waals surface area contributed by atoms with E-state index in [2.05, 4.69) is 10.6 Å². The Bertz CT molecular complexity index is 546. The van der Waals surface area contributed by atoms with E-state index in [4.69, 9.17) is 16.9 Å². The van der Waals surface area contributed by atoms with Gasteiger partial charge in [-0.3, -0.25) is 4.79 Å². The number of allylic oxidation sites excluding steroid dienone is 1. The van der Waals surface area contributed by atoms with Gasteiger partial charge in [0.25, 0.3) is 5.91 Å². The quantitative estimate of drug-likeness (QED) is 0.626. The van der Waals surface area contributed by atoms with Crippen molar-refractivity contribution in [3.63, 3.8) is 0 Å². The molecule has 0 atom stereocenters. The van der Waals surface area contributed by atoms with Crippen molar-refractivity contribution in [1.82, 2.24) is 10.6 Å². The van der Waals surface area contributed by atoms with Crippen molar-refractivity contribution in [2.45, 2.75) is 26.8 Å². The van der Waals surface area contributed by atoms with Gasteiger partial charge in [0.1, 0.15) is 11.6 Å². The highest BCUT2D eigenvalue weighted by molar-refractivity contribution is 6.30. The van der Waals surface area contributed by atoms with Gasteiger partial charge in [0, 0.05) is 23.8 Å². The third-order valence-corrected chi connectivity index (χ3v) is 2.93. The molecule has 0 bridgehead atoms. The molecule has 0 radical (unpaired) electrons. The number of carbonyl (C=O) groups is 1. The zero-order valence-corrected chi connectivity index (χ0v) is 12.4. The van der Waals surface area contributed by atoms with Gasteiger partial charge in [0.05, 0.1) is 0 Å². The summed E-state index contributed by atoms with van der Waals surface area (Å²) < 4.78 is 0. The standard InChI is InChI=1S/C15H18ClN3O/c1-3-7-18-15(20)14(9-17)11(2)19-10-12-5-4-6-13(16)8-12/h4-6,8,19H,3,7,10H2,1-2H3,(H,18,20). The fourth-order valence-electron chi connectivity index (χ4n) is 1.60. The largest absolute Gasteiger partial charge is 0.383 e. The number of nitriles is 1. The van der Waals surface area contributed by atoms with E-state index < -0.39 is 0 Å². The molecule has 1 rings (SSSR count). The van der Waals surface area contributed by atoms with Crippen LogP contribution in [0.25, 0.3) is 0 Å². The van der Waals surface area contributed by atoms with Crippen LogP contribution in [-0.4, -0.2) is 12.5 Å². The summed E-state index contributed by atoms with van der Waals surface area (Å²) in [6.45, 7) is 4.75. The van der Waals surface area contributed by atoms with E-state index in [0.717, 1.165) is 12.0 Å². The molecule has 0 fully saturated rings. The summed E-state index contributed by atoms with van der Waals surface area (Å²) >= 11 is 5.90. The van der Waals surface area contributed by atoms with Crippen LogP contribution < -0.4 is 10.6 Å². The fourth-order valence-corrected chi connectivity index (χ4v) is 1.81. The SMILES string of the molecule is CCCNC(=O)C(C#N)=C(C)NCc1cccc(Cl)c1. The van der Waals surface area contributed by atoms with Crippen LogP contribution >= 0.6 is 11.6 Å². The number of hydrogen-bond acceptors (Lipinski definition) is 3. The lowest BCUT2D eigenvalue weighted by Gasteiger charge is -2.10. The molecule has 5 heteroatoms. The molecule has 20 heavy (non-hydrogen) atoms. The molecule has 0 aliphatic rings. The van der Waals surface area contributed by atoms with E-state index >= 15 is 0 Å². The van der Waals surface area contributed by atoms with E-state index in [9.17, 15) is 4.79 Å². The van der Waals surface area contributed by atoms with Crippen LogP contribution in [0.5, 0.6) is 0 Å². The highest BCUT2D eigenvalue weighted by Gasteiger charge is 2.11. The van der Waals surface area contributed by atoms with E-state index in [1.54, 1.807) is 13.0 Å². The normalized spacial score (nSPS) is 11.3. The van der Waals surface area contributed by atoms with Crippen molar-refractivity contribution in [1.29, 1.82) is 5.26 Å². The van der Waals surface area contributed by atoms with Gasteiger partial charge in [-0.05, 0) is 31.0 Å². The lowest BCUT2D eigenvalue weighted by molar-refractivity contribution is -0.117. The highest BCUT2D eigenvalue weighted by atomic mass is 35.5. The summed E-state index contributed by atoms with van der Waals surface area (Å²) in [6, 6.07) is 9.36. The Morgan fingerprint density at radius 2 is 2.15 bits per heavy atom. The van der Waals surface area contributed by atoms with Crippen molar-refractivity contribution in [2.24, 2.45) is 0 Å². The lowest BCUT2D eigenvalue weighted by atomic mass is 10.2.